The summed E-state index contributed by atoms with van der Waals surface area (Å²) in [6, 6.07) is 0. The SMILES string of the molecule is CN/C=C\C(=N)c1cncs1. The summed E-state index contributed by atoms with van der Waals surface area (Å²) in [6.45, 7) is 0. The number of allylic oxidation sites excluding steroid dienone is 1. The maximum atomic E-state index is 7.49. The van der Waals surface area contributed by atoms with Gasteiger partial charge in [0.25, 0.3) is 0 Å². The third-order valence-corrected chi connectivity index (χ3v) is 1.92. The Hall–Kier alpha value is -1.16. The first-order chi connectivity index (χ1) is 5.34. The Kier molecular flexibility index (Phi) is 2.80. The topological polar surface area (TPSA) is 48.8 Å². The van der Waals surface area contributed by atoms with Crippen molar-refractivity contribution in [3.8, 4) is 0 Å². The van der Waals surface area contributed by atoms with Crippen LogP contribution in [0.1, 0.15) is 4.88 Å². The molecule has 0 atom stereocenters. The third-order valence-electron chi connectivity index (χ3n) is 1.11. The molecule has 0 amide bonds. The minimum atomic E-state index is 0.488. The molecule has 0 saturated heterocycles. The van der Waals surface area contributed by atoms with Crippen LogP contribution in [0.4, 0.5) is 0 Å². The van der Waals surface area contributed by atoms with E-state index >= 15 is 0 Å². The highest BCUT2D eigenvalue weighted by atomic mass is 32.1. The Labute approximate surface area is 69.3 Å². The van der Waals surface area contributed by atoms with Gasteiger partial charge in [0.15, 0.2) is 0 Å². The molecule has 1 aromatic heterocycles. The molecule has 0 saturated carbocycles. The van der Waals surface area contributed by atoms with Gasteiger partial charge in [0, 0.05) is 13.2 Å². The molecule has 0 aliphatic rings. The molecule has 0 bridgehead atoms. The number of aromatic nitrogens is 1. The molecule has 0 aliphatic heterocycles. The third kappa shape index (κ3) is 2.16. The smallest absolute Gasteiger partial charge is 0.0798 e. The number of rotatable bonds is 3. The van der Waals surface area contributed by atoms with Crippen molar-refractivity contribution in [2.75, 3.05) is 7.05 Å². The molecule has 0 unspecified atom stereocenters. The Balaban J connectivity index is 2.64. The van der Waals surface area contributed by atoms with Crippen molar-refractivity contribution in [3.05, 3.63) is 28.9 Å². The van der Waals surface area contributed by atoms with Crippen LogP contribution in [-0.4, -0.2) is 17.7 Å². The van der Waals surface area contributed by atoms with Gasteiger partial charge in [-0.2, -0.15) is 0 Å². The van der Waals surface area contributed by atoms with Crippen molar-refractivity contribution in [2.24, 2.45) is 0 Å². The lowest BCUT2D eigenvalue weighted by molar-refractivity contribution is 1.10. The van der Waals surface area contributed by atoms with Gasteiger partial charge in [-0.05, 0) is 12.3 Å². The fourth-order valence-electron chi connectivity index (χ4n) is 0.598. The molecule has 11 heavy (non-hydrogen) atoms. The van der Waals surface area contributed by atoms with E-state index in [1.54, 1.807) is 31.0 Å². The highest BCUT2D eigenvalue weighted by molar-refractivity contribution is 7.11. The zero-order valence-electron chi connectivity index (χ0n) is 6.16. The fourth-order valence-corrected chi connectivity index (χ4v) is 1.15. The second-order valence-corrected chi connectivity index (χ2v) is 2.79. The maximum absolute atomic E-state index is 7.49. The second kappa shape index (κ2) is 3.88. The molecule has 58 valence electrons. The molecular weight excluding hydrogens is 158 g/mol. The lowest BCUT2D eigenvalue weighted by atomic mass is 10.3. The molecular formula is C7H9N3S. The first kappa shape index (κ1) is 7.94. The molecule has 4 heteroatoms. The average molecular weight is 167 g/mol. The molecule has 1 rings (SSSR count). The number of hydrogen-bond donors (Lipinski definition) is 2. The average Bonchev–Trinajstić information content (AvgIpc) is 2.52. The van der Waals surface area contributed by atoms with E-state index < -0.39 is 0 Å². The first-order valence-electron chi connectivity index (χ1n) is 3.16. The quantitative estimate of drug-likeness (QED) is 0.665. The monoisotopic (exact) mass is 167 g/mol. The van der Waals surface area contributed by atoms with Gasteiger partial charge in [-0.15, -0.1) is 11.3 Å². The van der Waals surface area contributed by atoms with E-state index in [9.17, 15) is 0 Å². The van der Waals surface area contributed by atoms with Gasteiger partial charge in [0.1, 0.15) is 0 Å². The normalized spacial score (nSPS) is 10.3. The lowest BCUT2D eigenvalue weighted by Crippen LogP contribution is -1.96. The first-order valence-corrected chi connectivity index (χ1v) is 4.04. The van der Waals surface area contributed by atoms with E-state index in [2.05, 4.69) is 10.3 Å². The van der Waals surface area contributed by atoms with Gasteiger partial charge in [-0.1, -0.05) is 0 Å². The molecule has 1 heterocycles. The van der Waals surface area contributed by atoms with E-state index in [0.29, 0.717) is 5.71 Å². The van der Waals surface area contributed by atoms with Crippen LogP contribution >= 0.6 is 11.3 Å². The van der Waals surface area contributed by atoms with Crippen LogP contribution in [-0.2, 0) is 0 Å². The molecule has 1 aromatic rings. The van der Waals surface area contributed by atoms with Gasteiger partial charge >= 0.3 is 0 Å². The molecule has 0 fully saturated rings. The summed E-state index contributed by atoms with van der Waals surface area (Å²) in [5.41, 5.74) is 2.21. The van der Waals surface area contributed by atoms with Crippen LogP contribution in [0.15, 0.2) is 24.0 Å². The van der Waals surface area contributed by atoms with E-state index in [0.717, 1.165) is 4.88 Å². The van der Waals surface area contributed by atoms with Crippen molar-refractivity contribution >= 4 is 17.0 Å². The van der Waals surface area contributed by atoms with Crippen molar-refractivity contribution < 1.29 is 0 Å². The molecule has 0 aliphatic carbocycles. The van der Waals surface area contributed by atoms with Gasteiger partial charge in [-0.3, -0.25) is 10.4 Å². The predicted octanol–water partition coefficient (Wildman–Crippen LogP) is 1.24. The zero-order chi connectivity index (χ0) is 8.10. The van der Waals surface area contributed by atoms with E-state index in [1.165, 1.54) is 11.3 Å². The molecule has 3 nitrogen and oxygen atoms in total. The molecule has 0 aromatic carbocycles. The van der Waals surface area contributed by atoms with Crippen LogP contribution < -0.4 is 5.32 Å². The van der Waals surface area contributed by atoms with Crippen LogP contribution in [0.3, 0.4) is 0 Å². The fraction of sp³-hybridized carbons (Fsp3) is 0.143. The summed E-state index contributed by atoms with van der Waals surface area (Å²) in [5.74, 6) is 0. The lowest BCUT2D eigenvalue weighted by Gasteiger charge is -1.89. The molecule has 2 N–H and O–H groups in total. The Morgan fingerprint density at radius 2 is 2.64 bits per heavy atom. The maximum Gasteiger partial charge on any atom is 0.0798 e. The van der Waals surface area contributed by atoms with E-state index in [1.807, 2.05) is 0 Å². The van der Waals surface area contributed by atoms with Crippen LogP contribution in [0.25, 0.3) is 0 Å². The number of nitrogens with zero attached hydrogens (tertiary/aromatic N) is 1. The highest BCUT2D eigenvalue weighted by Crippen LogP contribution is 2.06. The number of nitrogens with one attached hydrogen (secondary N) is 2. The summed E-state index contributed by atoms with van der Waals surface area (Å²) in [4.78, 5) is 4.76. The Morgan fingerprint density at radius 3 is 3.18 bits per heavy atom. The van der Waals surface area contributed by atoms with E-state index in [4.69, 9.17) is 5.41 Å². The number of thiazole rings is 1. The number of hydrogen-bond acceptors (Lipinski definition) is 4. The van der Waals surface area contributed by atoms with E-state index in [-0.39, 0.29) is 0 Å². The predicted molar refractivity (Wildman–Crippen MR) is 47.1 cm³/mol. The Bertz CT molecular complexity index is 251. The van der Waals surface area contributed by atoms with Crippen molar-refractivity contribution in [1.82, 2.24) is 10.3 Å². The molecule has 0 spiro atoms. The minimum absolute atomic E-state index is 0.488. The van der Waals surface area contributed by atoms with Crippen LogP contribution in [0.2, 0.25) is 0 Å². The van der Waals surface area contributed by atoms with Gasteiger partial charge in [0.2, 0.25) is 0 Å². The largest absolute Gasteiger partial charge is 0.394 e. The van der Waals surface area contributed by atoms with Gasteiger partial charge < -0.3 is 5.32 Å². The zero-order valence-corrected chi connectivity index (χ0v) is 6.98. The summed E-state index contributed by atoms with van der Waals surface area (Å²) >= 11 is 1.47. The Morgan fingerprint density at radius 1 is 1.82 bits per heavy atom. The minimum Gasteiger partial charge on any atom is -0.394 e. The van der Waals surface area contributed by atoms with Crippen LogP contribution in [0, 0.1) is 5.41 Å². The van der Waals surface area contributed by atoms with Gasteiger partial charge in [-0.25, -0.2) is 0 Å². The summed E-state index contributed by atoms with van der Waals surface area (Å²) in [6.07, 6.45) is 5.11. The van der Waals surface area contributed by atoms with Gasteiger partial charge in [0.05, 0.1) is 16.1 Å². The summed E-state index contributed by atoms with van der Waals surface area (Å²) < 4.78 is 0. The van der Waals surface area contributed by atoms with Crippen molar-refractivity contribution in [1.29, 1.82) is 5.41 Å². The highest BCUT2D eigenvalue weighted by Gasteiger charge is 1.96. The van der Waals surface area contributed by atoms with Crippen LogP contribution in [0.5, 0.6) is 0 Å². The summed E-state index contributed by atoms with van der Waals surface area (Å²) in [5, 5.41) is 10.3. The molecule has 0 radical (unpaired) electrons. The standard InChI is InChI=1S/C7H9N3S/c1-9-3-2-6(8)7-4-10-5-11-7/h2-5,8-9H,1H3/b3-2-,8-6?. The van der Waals surface area contributed by atoms with Crippen molar-refractivity contribution in [2.45, 2.75) is 0 Å². The van der Waals surface area contributed by atoms with Crippen molar-refractivity contribution in [3.63, 3.8) is 0 Å². The summed E-state index contributed by atoms with van der Waals surface area (Å²) in [7, 11) is 1.80. The second-order valence-electron chi connectivity index (χ2n) is 1.90.